The number of hydrogen-bond acceptors (Lipinski definition) is 6. The Labute approximate surface area is 155 Å². The molecule has 0 atom stereocenters. The van der Waals surface area contributed by atoms with Gasteiger partial charge in [-0.15, -0.1) is 10.2 Å². The maximum Gasteiger partial charge on any atom is 0.255 e. The highest BCUT2D eigenvalue weighted by Crippen LogP contribution is 2.16. The Hall–Kier alpha value is -3.49. The van der Waals surface area contributed by atoms with Gasteiger partial charge >= 0.3 is 0 Å². The van der Waals surface area contributed by atoms with Crippen LogP contribution in [0.4, 0.5) is 5.82 Å². The summed E-state index contributed by atoms with van der Waals surface area (Å²) in [5.41, 5.74) is 0.271. The molecule has 1 aliphatic rings. The Morgan fingerprint density at radius 1 is 1.04 bits per heavy atom. The van der Waals surface area contributed by atoms with E-state index >= 15 is 0 Å². The molecule has 1 aliphatic heterocycles. The minimum atomic E-state index is -0.218. The largest absolute Gasteiger partial charge is 0.352 e. The zero-order valence-electron chi connectivity index (χ0n) is 14.9. The van der Waals surface area contributed by atoms with Crippen LogP contribution in [-0.2, 0) is 0 Å². The highest BCUT2D eigenvalue weighted by molar-refractivity contribution is 5.94. The van der Waals surface area contributed by atoms with Crippen molar-refractivity contribution in [3.63, 3.8) is 0 Å². The lowest BCUT2D eigenvalue weighted by Gasteiger charge is -2.35. The molecule has 4 heterocycles. The molecule has 1 N–H and O–H groups in total. The Balaban J connectivity index is 1.40. The fraction of sp³-hybridized carbons (Fsp3) is 0.278. The van der Waals surface area contributed by atoms with E-state index in [1.807, 2.05) is 29.8 Å². The molecule has 1 amide bonds. The van der Waals surface area contributed by atoms with Crippen molar-refractivity contribution in [2.45, 2.75) is 6.92 Å². The van der Waals surface area contributed by atoms with Gasteiger partial charge in [-0.1, -0.05) is 0 Å². The molecular formula is C18H19N7O2. The van der Waals surface area contributed by atoms with Crippen LogP contribution in [0.5, 0.6) is 0 Å². The monoisotopic (exact) mass is 365 g/mol. The van der Waals surface area contributed by atoms with E-state index in [0.29, 0.717) is 31.7 Å². The lowest BCUT2D eigenvalue weighted by atomic mass is 10.2. The van der Waals surface area contributed by atoms with Gasteiger partial charge in [-0.2, -0.15) is 0 Å². The van der Waals surface area contributed by atoms with E-state index in [2.05, 4.69) is 25.1 Å². The van der Waals surface area contributed by atoms with Crippen molar-refractivity contribution in [1.29, 1.82) is 0 Å². The number of aromatic amines is 1. The van der Waals surface area contributed by atoms with Crippen LogP contribution < -0.4 is 10.5 Å². The van der Waals surface area contributed by atoms with Gasteiger partial charge in [-0.05, 0) is 25.1 Å². The number of piperazine rings is 1. The van der Waals surface area contributed by atoms with Crippen molar-refractivity contribution in [3.05, 3.63) is 64.6 Å². The van der Waals surface area contributed by atoms with E-state index in [1.165, 1.54) is 12.3 Å². The quantitative estimate of drug-likeness (QED) is 0.730. The highest BCUT2D eigenvalue weighted by atomic mass is 16.2. The van der Waals surface area contributed by atoms with E-state index in [4.69, 9.17) is 0 Å². The van der Waals surface area contributed by atoms with Gasteiger partial charge in [0.25, 0.3) is 5.91 Å². The van der Waals surface area contributed by atoms with E-state index < -0.39 is 0 Å². The number of anilines is 1. The minimum Gasteiger partial charge on any atom is -0.352 e. The molecule has 0 saturated carbocycles. The number of rotatable bonds is 3. The minimum absolute atomic E-state index is 0.0806. The number of aryl methyl sites for hydroxylation is 1. The number of hydrogen-bond donors (Lipinski definition) is 1. The number of carbonyl (C=O) groups is 1. The molecule has 0 bridgehead atoms. The van der Waals surface area contributed by atoms with Crippen LogP contribution in [0.2, 0.25) is 0 Å². The van der Waals surface area contributed by atoms with Crippen molar-refractivity contribution in [2.75, 3.05) is 31.1 Å². The molecule has 0 aliphatic carbocycles. The molecular weight excluding hydrogens is 346 g/mol. The number of carbonyl (C=O) groups excluding carboxylic acids is 1. The van der Waals surface area contributed by atoms with Crippen LogP contribution in [0.1, 0.15) is 16.2 Å². The predicted molar refractivity (Wildman–Crippen MR) is 99.1 cm³/mol. The van der Waals surface area contributed by atoms with Crippen molar-refractivity contribution in [1.82, 2.24) is 29.6 Å². The lowest BCUT2D eigenvalue weighted by Crippen LogP contribution is -2.49. The number of imidazole rings is 1. The first-order valence-corrected chi connectivity index (χ1v) is 8.69. The second-order valence-corrected chi connectivity index (χ2v) is 6.32. The Morgan fingerprint density at radius 3 is 2.37 bits per heavy atom. The van der Waals surface area contributed by atoms with Gasteiger partial charge in [0, 0.05) is 50.8 Å². The SMILES string of the molecule is Cc1nccn1-c1ccc(N2CCN(C(=O)c3ccc(=O)[nH]c3)CC2)nn1. The van der Waals surface area contributed by atoms with Gasteiger partial charge in [-0.25, -0.2) is 4.98 Å². The number of H-pyrrole nitrogens is 1. The highest BCUT2D eigenvalue weighted by Gasteiger charge is 2.23. The maximum absolute atomic E-state index is 12.5. The summed E-state index contributed by atoms with van der Waals surface area (Å²) in [5, 5.41) is 8.61. The fourth-order valence-corrected chi connectivity index (χ4v) is 3.10. The van der Waals surface area contributed by atoms with Crippen molar-refractivity contribution in [2.24, 2.45) is 0 Å². The summed E-state index contributed by atoms with van der Waals surface area (Å²) in [4.78, 5) is 34.3. The molecule has 3 aromatic heterocycles. The zero-order valence-corrected chi connectivity index (χ0v) is 14.9. The molecule has 9 nitrogen and oxygen atoms in total. The molecule has 27 heavy (non-hydrogen) atoms. The third kappa shape index (κ3) is 3.43. The summed E-state index contributed by atoms with van der Waals surface area (Å²) < 4.78 is 1.87. The Bertz CT molecular complexity index is 981. The molecule has 0 unspecified atom stereocenters. The summed E-state index contributed by atoms with van der Waals surface area (Å²) in [6, 6.07) is 6.76. The molecule has 1 fully saturated rings. The molecule has 9 heteroatoms. The van der Waals surface area contributed by atoms with Gasteiger partial charge in [-0.3, -0.25) is 14.2 Å². The fourth-order valence-electron chi connectivity index (χ4n) is 3.10. The first-order chi connectivity index (χ1) is 13.1. The van der Waals surface area contributed by atoms with E-state index in [0.717, 1.165) is 17.5 Å². The summed E-state index contributed by atoms with van der Waals surface area (Å²) in [6.07, 6.45) is 5.03. The van der Waals surface area contributed by atoms with Crippen LogP contribution >= 0.6 is 0 Å². The van der Waals surface area contributed by atoms with Crippen LogP contribution in [0.15, 0.2) is 47.7 Å². The lowest BCUT2D eigenvalue weighted by molar-refractivity contribution is 0.0746. The van der Waals surface area contributed by atoms with Gasteiger partial charge in [0.1, 0.15) is 5.82 Å². The van der Waals surface area contributed by atoms with Crippen molar-refractivity contribution >= 4 is 11.7 Å². The van der Waals surface area contributed by atoms with E-state index in [1.54, 1.807) is 17.2 Å². The summed E-state index contributed by atoms with van der Waals surface area (Å²) >= 11 is 0. The number of nitrogens with zero attached hydrogens (tertiary/aromatic N) is 6. The first-order valence-electron chi connectivity index (χ1n) is 8.69. The first kappa shape index (κ1) is 17.0. The molecule has 0 aromatic carbocycles. The van der Waals surface area contributed by atoms with Crippen LogP contribution in [0.25, 0.3) is 5.82 Å². The normalized spacial score (nSPS) is 14.4. The standard InChI is InChI=1S/C18H19N7O2/c1-13-19-6-7-25(13)16-4-3-15(21-22-16)23-8-10-24(11-9-23)18(27)14-2-5-17(26)20-12-14/h2-7,12H,8-11H2,1H3,(H,20,26). The molecule has 0 spiro atoms. The Morgan fingerprint density at radius 2 is 1.78 bits per heavy atom. The average molecular weight is 365 g/mol. The zero-order chi connectivity index (χ0) is 18.8. The molecule has 3 aromatic rings. The van der Waals surface area contributed by atoms with Gasteiger partial charge in [0.05, 0.1) is 5.56 Å². The second kappa shape index (κ2) is 7.02. The smallest absolute Gasteiger partial charge is 0.255 e. The van der Waals surface area contributed by atoms with E-state index in [-0.39, 0.29) is 11.5 Å². The predicted octanol–water partition coefficient (Wildman–Crippen LogP) is 0.621. The molecule has 1 saturated heterocycles. The second-order valence-electron chi connectivity index (χ2n) is 6.32. The molecule has 138 valence electrons. The number of aromatic nitrogens is 5. The summed E-state index contributed by atoms with van der Waals surface area (Å²) in [5.74, 6) is 2.28. The average Bonchev–Trinajstić information content (AvgIpc) is 3.14. The van der Waals surface area contributed by atoms with Crippen molar-refractivity contribution in [3.8, 4) is 5.82 Å². The van der Waals surface area contributed by atoms with Crippen LogP contribution in [0.3, 0.4) is 0 Å². The van der Waals surface area contributed by atoms with Gasteiger partial charge < -0.3 is 14.8 Å². The summed E-state index contributed by atoms with van der Waals surface area (Å²) in [6.45, 7) is 4.43. The van der Waals surface area contributed by atoms with Crippen molar-refractivity contribution < 1.29 is 4.79 Å². The molecule has 4 rings (SSSR count). The third-order valence-electron chi connectivity index (χ3n) is 4.63. The van der Waals surface area contributed by atoms with Gasteiger partial charge in [0.2, 0.25) is 5.56 Å². The summed E-state index contributed by atoms with van der Waals surface area (Å²) in [7, 11) is 0. The topological polar surface area (TPSA) is 100 Å². The maximum atomic E-state index is 12.5. The number of amides is 1. The van der Waals surface area contributed by atoms with Gasteiger partial charge in [0.15, 0.2) is 11.6 Å². The van der Waals surface area contributed by atoms with E-state index in [9.17, 15) is 9.59 Å². The Kier molecular flexibility index (Phi) is 4.41. The number of pyridine rings is 1. The van der Waals surface area contributed by atoms with Crippen LogP contribution in [-0.4, -0.2) is 61.7 Å². The van der Waals surface area contributed by atoms with Crippen LogP contribution in [0, 0.1) is 6.92 Å². The molecule has 0 radical (unpaired) electrons. The third-order valence-corrected chi connectivity index (χ3v) is 4.63. The number of nitrogens with one attached hydrogen (secondary N) is 1.